The van der Waals surface area contributed by atoms with Crippen LogP contribution >= 0.6 is 23.2 Å². The van der Waals surface area contributed by atoms with Crippen molar-refractivity contribution in [1.29, 1.82) is 0 Å². The lowest BCUT2D eigenvalue weighted by atomic mass is 9.93. The van der Waals surface area contributed by atoms with Crippen LogP contribution in [0.1, 0.15) is 25.0 Å². The van der Waals surface area contributed by atoms with Gasteiger partial charge in [-0.3, -0.25) is 0 Å². The topological polar surface area (TPSA) is 25.8 Å². The summed E-state index contributed by atoms with van der Waals surface area (Å²) in [6.45, 7) is 8.15. The first-order valence-electron chi connectivity index (χ1n) is 7.26. The number of hydrogen-bond donors (Lipinski definition) is 0. The van der Waals surface area contributed by atoms with E-state index in [0.717, 1.165) is 27.6 Å². The van der Waals surface area contributed by atoms with Crippen LogP contribution in [0.3, 0.4) is 0 Å². The van der Waals surface area contributed by atoms with Crippen LogP contribution in [0, 0.1) is 13.8 Å². The third kappa shape index (κ3) is 3.08. The van der Waals surface area contributed by atoms with Crippen LogP contribution in [0.15, 0.2) is 36.4 Å². The summed E-state index contributed by atoms with van der Waals surface area (Å²) in [5.74, 6) is 0. The zero-order chi connectivity index (χ0) is 16.3. The summed E-state index contributed by atoms with van der Waals surface area (Å²) in [4.78, 5) is 8.37. The van der Waals surface area contributed by atoms with Gasteiger partial charge in [0, 0.05) is 5.39 Å². The van der Waals surface area contributed by atoms with E-state index in [2.05, 4.69) is 35.9 Å². The smallest absolute Gasteiger partial charge is 0.218 e. The minimum Gasteiger partial charge on any atom is -0.218 e. The fourth-order valence-electron chi connectivity index (χ4n) is 2.42. The van der Waals surface area contributed by atoms with E-state index < -0.39 is 0 Å². The normalized spacial score (nSPS) is 10.3. The molecule has 22 heavy (non-hydrogen) atoms. The van der Waals surface area contributed by atoms with E-state index in [9.17, 15) is 0 Å². The van der Waals surface area contributed by atoms with E-state index >= 15 is 0 Å². The monoisotopic (exact) mass is 332 g/mol. The number of aryl methyl sites for hydroxylation is 1. The van der Waals surface area contributed by atoms with Crippen LogP contribution in [-0.2, 0) is 0 Å². The molecule has 0 spiro atoms. The zero-order valence-corrected chi connectivity index (χ0v) is 14.6. The van der Waals surface area contributed by atoms with E-state index in [-0.39, 0.29) is 5.28 Å². The Kier molecular flexibility index (Phi) is 5.38. The molecule has 0 atom stereocenters. The van der Waals surface area contributed by atoms with Crippen molar-refractivity contribution in [2.75, 3.05) is 0 Å². The minimum atomic E-state index is 0.171. The number of rotatable bonds is 1. The van der Waals surface area contributed by atoms with Crippen LogP contribution in [-0.4, -0.2) is 9.97 Å². The van der Waals surface area contributed by atoms with Gasteiger partial charge >= 0.3 is 0 Å². The first kappa shape index (κ1) is 16.7. The van der Waals surface area contributed by atoms with Gasteiger partial charge in [-0.05, 0) is 53.8 Å². The summed E-state index contributed by atoms with van der Waals surface area (Å²) >= 11 is 12.2. The van der Waals surface area contributed by atoms with E-state index in [1.54, 1.807) is 0 Å². The molecule has 0 saturated carbocycles. The van der Waals surface area contributed by atoms with Gasteiger partial charge in [0.2, 0.25) is 5.28 Å². The van der Waals surface area contributed by atoms with Crippen molar-refractivity contribution in [2.45, 2.75) is 27.7 Å². The van der Waals surface area contributed by atoms with Crippen molar-refractivity contribution in [3.63, 3.8) is 0 Å². The van der Waals surface area contributed by atoms with Gasteiger partial charge in [-0.1, -0.05) is 55.8 Å². The lowest BCUT2D eigenvalue weighted by molar-refractivity contribution is 1.21. The molecule has 2 nitrogen and oxygen atoms in total. The molecule has 0 aliphatic rings. The van der Waals surface area contributed by atoms with E-state index in [0.29, 0.717) is 5.15 Å². The third-order valence-electron chi connectivity index (χ3n) is 3.50. The highest BCUT2D eigenvalue weighted by Gasteiger charge is 2.15. The molecule has 0 saturated heterocycles. The Hall–Kier alpha value is -1.64. The molecule has 4 heteroatoms. The summed E-state index contributed by atoms with van der Waals surface area (Å²) in [6.07, 6.45) is 0. The summed E-state index contributed by atoms with van der Waals surface area (Å²) in [5, 5.41) is 1.41. The Morgan fingerprint density at radius 3 is 2.18 bits per heavy atom. The summed E-state index contributed by atoms with van der Waals surface area (Å²) in [7, 11) is 0. The molecule has 2 aromatic carbocycles. The van der Waals surface area contributed by atoms with E-state index in [1.165, 1.54) is 5.56 Å². The average Bonchev–Trinajstić information content (AvgIpc) is 2.52. The first-order chi connectivity index (χ1) is 10.6. The molecular formula is C18H18Cl2N2. The Balaban J connectivity index is 0.000000847. The first-order valence-corrected chi connectivity index (χ1v) is 8.02. The van der Waals surface area contributed by atoms with Gasteiger partial charge in [-0.15, -0.1) is 0 Å². The molecule has 3 aromatic rings. The van der Waals surface area contributed by atoms with Crippen molar-refractivity contribution >= 4 is 34.1 Å². The Morgan fingerprint density at radius 1 is 0.909 bits per heavy atom. The van der Waals surface area contributed by atoms with Gasteiger partial charge in [0.25, 0.3) is 0 Å². The fraction of sp³-hybridized carbons (Fsp3) is 0.222. The van der Waals surface area contributed by atoms with Gasteiger partial charge in [0.15, 0.2) is 0 Å². The lowest BCUT2D eigenvalue weighted by Crippen LogP contribution is -1.95. The molecule has 1 heterocycles. The van der Waals surface area contributed by atoms with E-state index in [1.807, 2.05) is 38.1 Å². The summed E-state index contributed by atoms with van der Waals surface area (Å²) < 4.78 is 0. The van der Waals surface area contributed by atoms with Crippen molar-refractivity contribution < 1.29 is 0 Å². The van der Waals surface area contributed by atoms with Crippen LogP contribution in [0.4, 0.5) is 0 Å². The molecule has 0 amide bonds. The maximum atomic E-state index is 6.31. The second-order valence-electron chi connectivity index (χ2n) is 4.74. The van der Waals surface area contributed by atoms with Crippen molar-refractivity contribution in [1.82, 2.24) is 9.97 Å². The number of fused-ring (bicyclic) bond motifs is 1. The molecule has 0 unspecified atom stereocenters. The molecule has 1 aromatic heterocycles. The molecule has 114 valence electrons. The molecule has 0 N–H and O–H groups in total. The second kappa shape index (κ2) is 7.08. The maximum absolute atomic E-state index is 6.31. The highest BCUT2D eigenvalue weighted by Crippen LogP contribution is 2.36. The van der Waals surface area contributed by atoms with Gasteiger partial charge < -0.3 is 0 Å². The number of benzene rings is 2. The second-order valence-corrected chi connectivity index (χ2v) is 5.43. The molecular weight excluding hydrogens is 315 g/mol. The molecule has 0 bridgehead atoms. The third-order valence-corrected chi connectivity index (χ3v) is 3.94. The predicted octanol–water partition coefficient (Wildman–Crippen LogP) is 6.25. The Morgan fingerprint density at radius 2 is 1.55 bits per heavy atom. The highest BCUT2D eigenvalue weighted by atomic mass is 35.5. The molecule has 0 aliphatic carbocycles. The van der Waals surface area contributed by atoms with Crippen molar-refractivity contribution in [2.24, 2.45) is 0 Å². The van der Waals surface area contributed by atoms with E-state index in [4.69, 9.17) is 23.2 Å². The highest BCUT2D eigenvalue weighted by molar-refractivity contribution is 6.36. The molecule has 0 fully saturated rings. The van der Waals surface area contributed by atoms with Gasteiger partial charge in [0.1, 0.15) is 5.15 Å². The van der Waals surface area contributed by atoms with Gasteiger partial charge in [-0.25, -0.2) is 9.97 Å². The van der Waals surface area contributed by atoms with Gasteiger partial charge in [0.05, 0.1) is 5.52 Å². The Bertz CT molecular complexity index is 799. The number of aromatic nitrogens is 2. The van der Waals surface area contributed by atoms with Gasteiger partial charge in [-0.2, -0.15) is 0 Å². The largest absolute Gasteiger partial charge is 0.224 e. The zero-order valence-electron chi connectivity index (χ0n) is 13.1. The van der Waals surface area contributed by atoms with Crippen molar-refractivity contribution in [3.05, 3.63) is 58.0 Å². The number of hydrogen-bond acceptors (Lipinski definition) is 2. The molecule has 0 radical (unpaired) electrons. The standard InChI is InChI=1S/C16H12Cl2N2.C2H6/c1-9-8-12-14(15(17)20-16(18)19-12)13(10(9)2)11-6-4-3-5-7-11;1-2/h3-8H,1-2H3;1-2H3. The average molecular weight is 333 g/mol. The predicted molar refractivity (Wildman–Crippen MR) is 95.8 cm³/mol. The SMILES string of the molecule is CC.Cc1cc2nc(Cl)nc(Cl)c2c(-c2ccccc2)c1C. The summed E-state index contributed by atoms with van der Waals surface area (Å²) in [6, 6.07) is 12.1. The van der Waals surface area contributed by atoms with Crippen LogP contribution in [0.25, 0.3) is 22.0 Å². The molecule has 0 aliphatic heterocycles. The van der Waals surface area contributed by atoms with Crippen LogP contribution in [0.5, 0.6) is 0 Å². The lowest BCUT2D eigenvalue weighted by Gasteiger charge is -2.14. The quantitative estimate of drug-likeness (QED) is 0.389. The fourth-order valence-corrected chi connectivity index (χ4v) is 2.91. The minimum absolute atomic E-state index is 0.171. The Labute approximate surface area is 141 Å². The molecule has 3 rings (SSSR count). The van der Waals surface area contributed by atoms with Crippen molar-refractivity contribution in [3.8, 4) is 11.1 Å². The van der Waals surface area contributed by atoms with Crippen LogP contribution < -0.4 is 0 Å². The summed E-state index contributed by atoms with van der Waals surface area (Å²) in [5.41, 5.74) is 5.28. The van der Waals surface area contributed by atoms with Crippen LogP contribution in [0.2, 0.25) is 10.4 Å². The number of nitrogens with zero attached hydrogens (tertiary/aromatic N) is 2. The maximum Gasteiger partial charge on any atom is 0.224 e. The number of halogens is 2.